The van der Waals surface area contributed by atoms with Gasteiger partial charge in [-0.05, 0) is 6.54 Å². The number of hydrogen-bond acceptors (Lipinski definition) is 5. The maximum absolute atomic E-state index is 5.26. The molecule has 0 bridgehead atoms. The van der Waals surface area contributed by atoms with Gasteiger partial charge in [0.05, 0.1) is 12.5 Å². The minimum atomic E-state index is 0.212. The molecule has 2 rings (SSSR count). The van der Waals surface area contributed by atoms with E-state index in [1.807, 2.05) is 11.6 Å². The van der Waals surface area contributed by atoms with Crippen LogP contribution in [0.15, 0.2) is 17.0 Å². The Labute approximate surface area is 100 Å². The molecule has 2 heterocycles. The van der Waals surface area contributed by atoms with Crippen molar-refractivity contribution in [2.24, 2.45) is 7.05 Å². The first-order valence-corrected chi connectivity index (χ1v) is 5.73. The molecule has 92 valence electrons. The summed E-state index contributed by atoms with van der Waals surface area (Å²) in [6, 6.07) is 0. The molecule has 0 aliphatic rings. The highest BCUT2D eigenvalue weighted by atomic mass is 16.5. The molecule has 0 aliphatic heterocycles. The fourth-order valence-electron chi connectivity index (χ4n) is 1.56. The van der Waals surface area contributed by atoms with Gasteiger partial charge in [0.1, 0.15) is 5.69 Å². The van der Waals surface area contributed by atoms with E-state index in [2.05, 4.69) is 34.3 Å². The zero-order valence-electron chi connectivity index (χ0n) is 10.3. The van der Waals surface area contributed by atoms with Crippen molar-refractivity contribution in [3.63, 3.8) is 0 Å². The number of nitrogens with one attached hydrogen (secondary N) is 1. The number of rotatable bonds is 5. The van der Waals surface area contributed by atoms with Crippen LogP contribution < -0.4 is 5.32 Å². The Bertz CT molecular complexity index is 476. The van der Waals surface area contributed by atoms with Crippen molar-refractivity contribution in [1.82, 2.24) is 25.0 Å². The van der Waals surface area contributed by atoms with Crippen molar-refractivity contribution < 1.29 is 4.52 Å². The number of aryl methyl sites for hydroxylation is 1. The molecule has 0 radical (unpaired) electrons. The van der Waals surface area contributed by atoms with Crippen LogP contribution in [-0.2, 0) is 7.05 Å². The first-order valence-electron chi connectivity index (χ1n) is 5.73. The lowest BCUT2D eigenvalue weighted by atomic mass is 10.2. The Kier molecular flexibility index (Phi) is 3.53. The van der Waals surface area contributed by atoms with E-state index in [1.165, 1.54) is 0 Å². The van der Waals surface area contributed by atoms with Gasteiger partial charge in [0, 0.05) is 19.5 Å². The van der Waals surface area contributed by atoms with E-state index in [1.54, 1.807) is 12.5 Å². The summed E-state index contributed by atoms with van der Waals surface area (Å²) in [5, 5.41) is 7.23. The molecule has 0 fully saturated rings. The molecular weight excluding hydrogens is 218 g/mol. The highest BCUT2D eigenvalue weighted by Gasteiger charge is 2.16. The van der Waals surface area contributed by atoms with E-state index in [4.69, 9.17) is 4.52 Å². The van der Waals surface area contributed by atoms with Gasteiger partial charge < -0.3 is 14.4 Å². The van der Waals surface area contributed by atoms with E-state index in [0.29, 0.717) is 11.7 Å². The van der Waals surface area contributed by atoms with E-state index in [9.17, 15) is 0 Å². The van der Waals surface area contributed by atoms with E-state index in [0.717, 1.165) is 18.8 Å². The largest absolute Gasteiger partial charge is 0.339 e. The van der Waals surface area contributed by atoms with Crippen molar-refractivity contribution in [1.29, 1.82) is 0 Å². The molecule has 0 saturated carbocycles. The minimum Gasteiger partial charge on any atom is -0.339 e. The summed E-state index contributed by atoms with van der Waals surface area (Å²) < 4.78 is 7.12. The van der Waals surface area contributed by atoms with Gasteiger partial charge in [0.2, 0.25) is 11.7 Å². The molecule has 0 amide bonds. The maximum Gasteiger partial charge on any atom is 0.231 e. The van der Waals surface area contributed by atoms with Gasteiger partial charge in [0.15, 0.2) is 0 Å². The Morgan fingerprint density at radius 3 is 3.00 bits per heavy atom. The highest BCUT2D eigenvalue weighted by molar-refractivity contribution is 5.47. The fraction of sp³-hybridized carbons (Fsp3) is 0.545. The second-order valence-corrected chi connectivity index (χ2v) is 4.05. The predicted octanol–water partition coefficient (Wildman–Crippen LogP) is 1.18. The van der Waals surface area contributed by atoms with Crippen LogP contribution in [-0.4, -0.2) is 32.8 Å². The van der Waals surface area contributed by atoms with Gasteiger partial charge in [-0.3, -0.25) is 0 Å². The van der Waals surface area contributed by atoms with Gasteiger partial charge in [-0.2, -0.15) is 4.98 Å². The molecule has 1 atom stereocenters. The van der Waals surface area contributed by atoms with Gasteiger partial charge in [0.25, 0.3) is 0 Å². The molecule has 6 heteroatoms. The van der Waals surface area contributed by atoms with Gasteiger partial charge >= 0.3 is 0 Å². The topological polar surface area (TPSA) is 68.8 Å². The van der Waals surface area contributed by atoms with Crippen LogP contribution in [0.3, 0.4) is 0 Å². The lowest BCUT2D eigenvalue weighted by Crippen LogP contribution is -2.19. The molecule has 0 aliphatic carbocycles. The maximum atomic E-state index is 5.26. The van der Waals surface area contributed by atoms with Crippen molar-refractivity contribution >= 4 is 0 Å². The average molecular weight is 235 g/mol. The number of nitrogens with zero attached hydrogens (tertiary/aromatic N) is 4. The zero-order chi connectivity index (χ0) is 12.3. The standard InChI is InChI=1S/C11H17N5O/c1-4-12-5-8(2)11-14-10(15-17-11)9-6-13-7-16(9)3/h6-8,12H,4-5H2,1-3H3. The Hall–Kier alpha value is -1.69. The van der Waals surface area contributed by atoms with Crippen LogP contribution in [0.4, 0.5) is 0 Å². The fourth-order valence-corrected chi connectivity index (χ4v) is 1.56. The molecule has 6 nitrogen and oxygen atoms in total. The summed E-state index contributed by atoms with van der Waals surface area (Å²) >= 11 is 0. The second-order valence-electron chi connectivity index (χ2n) is 4.05. The van der Waals surface area contributed by atoms with Crippen molar-refractivity contribution in [2.45, 2.75) is 19.8 Å². The first kappa shape index (κ1) is 11.8. The third-order valence-electron chi connectivity index (χ3n) is 2.61. The summed E-state index contributed by atoms with van der Waals surface area (Å²) in [4.78, 5) is 8.42. The van der Waals surface area contributed by atoms with Gasteiger partial charge in [-0.1, -0.05) is 19.0 Å². The van der Waals surface area contributed by atoms with Crippen molar-refractivity contribution in [3.8, 4) is 11.5 Å². The van der Waals surface area contributed by atoms with Crippen LogP contribution in [0.5, 0.6) is 0 Å². The molecule has 0 saturated heterocycles. The lowest BCUT2D eigenvalue weighted by Gasteiger charge is -2.05. The quantitative estimate of drug-likeness (QED) is 0.842. The molecule has 2 aromatic rings. The van der Waals surface area contributed by atoms with Crippen LogP contribution in [0.1, 0.15) is 25.7 Å². The molecule has 17 heavy (non-hydrogen) atoms. The normalized spacial score (nSPS) is 12.9. The third kappa shape index (κ3) is 2.52. The van der Waals surface area contributed by atoms with E-state index in [-0.39, 0.29) is 5.92 Å². The summed E-state index contributed by atoms with van der Waals surface area (Å²) in [6.45, 7) is 5.90. The third-order valence-corrected chi connectivity index (χ3v) is 2.61. The Balaban J connectivity index is 2.13. The Morgan fingerprint density at radius 2 is 2.35 bits per heavy atom. The Morgan fingerprint density at radius 1 is 1.53 bits per heavy atom. The highest BCUT2D eigenvalue weighted by Crippen LogP contribution is 2.18. The van der Waals surface area contributed by atoms with Crippen molar-refractivity contribution in [2.75, 3.05) is 13.1 Å². The van der Waals surface area contributed by atoms with Crippen LogP contribution in [0.25, 0.3) is 11.5 Å². The van der Waals surface area contributed by atoms with Crippen molar-refractivity contribution in [3.05, 3.63) is 18.4 Å². The van der Waals surface area contributed by atoms with Crippen LogP contribution >= 0.6 is 0 Å². The summed E-state index contributed by atoms with van der Waals surface area (Å²) in [5.41, 5.74) is 0.857. The predicted molar refractivity (Wildman–Crippen MR) is 63.5 cm³/mol. The molecule has 1 unspecified atom stereocenters. The number of hydrogen-bond donors (Lipinski definition) is 1. The second kappa shape index (κ2) is 5.09. The number of aromatic nitrogens is 4. The first-order chi connectivity index (χ1) is 8.22. The minimum absolute atomic E-state index is 0.212. The average Bonchev–Trinajstić information content (AvgIpc) is 2.93. The molecule has 1 N–H and O–H groups in total. The lowest BCUT2D eigenvalue weighted by molar-refractivity contribution is 0.355. The van der Waals surface area contributed by atoms with E-state index < -0.39 is 0 Å². The van der Waals surface area contributed by atoms with Gasteiger partial charge in [-0.15, -0.1) is 0 Å². The van der Waals surface area contributed by atoms with E-state index >= 15 is 0 Å². The SMILES string of the molecule is CCNCC(C)c1nc(-c2cncn2C)no1. The van der Waals surface area contributed by atoms with Crippen LogP contribution in [0.2, 0.25) is 0 Å². The van der Waals surface area contributed by atoms with Gasteiger partial charge in [-0.25, -0.2) is 4.98 Å². The summed E-state index contributed by atoms with van der Waals surface area (Å²) in [6.07, 6.45) is 3.44. The molecule has 0 aromatic carbocycles. The number of likely N-dealkylation sites (N-methyl/N-ethyl adjacent to an activating group) is 1. The summed E-state index contributed by atoms with van der Waals surface area (Å²) in [7, 11) is 1.90. The molecule has 2 aromatic heterocycles. The van der Waals surface area contributed by atoms with Crippen LogP contribution in [0, 0.1) is 0 Å². The molecular formula is C11H17N5O. The monoisotopic (exact) mass is 235 g/mol. The smallest absolute Gasteiger partial charge is 0.231 e. The number of imidazole rings is 1. The summed E-state index contributed by atoms with van der Waals surface area (Å²) in [5.74, 6) is 1.45. The molecule has 0 spiro atoms. The zero-order valence-corrected chi connectivity index (χ0v) is 10.3.